The molecule has 0 bridgehead atoms. The van der Waals surface area contributed by atoms with E-state index in [9.17, 15) is 13.6 Å². The van der Waals surface area contributed by atoms with Crippen molar-refractivity contribution in [2.75, 3.05) is 19.7 Å². The smallest absolute Gasteiger partial charge is 0.262 e. The molecule has 1 aromatic carbocycles. The summed E-state index contributed by atoms with van der Waals surface area (Å²) in [5, 5.41) is 5.78. The van der Waals surface area contributed by atoms with Crippen LogP contribution in [0.25, 0.3) is 0 Å². The molecule has 7 heteroatoms. The number of amides is 1. The van der Waals surface area contributed by atoms with Crippen LogP contribution in [0.15, 0.2) is 18.2 Å². The maximum atomic E-state index is 13.1. The minimum absolute atomic E-state index is 0.336. The van der Waals surface area contributed by atoms with E-state index in [1.807, 2.05) is 6.92 Å². The second-order valence-electron chi connectivity index (χ2n) is 5.22. The van der Waals surface area contributed by atoms with E-state index >= 15 is 0 Å². The summed E-state index contributed by atoms with van der Waals surface area (Å²) in [7, 11) is 0. The quantitative estimate of drug-likeness (QED) is 0.841. The monoisotopic (exact) mass is 332 g/mol. The highest BCUT2D eigenvalue weighted by Crippen LogP contribution is 2.25. The number of hydrogen-bond donors (Lipinski definition) is 2. The number of nitrogens with one attached hydrogen (secondary N) is 2. The molecule has 1 aliphatic rings. The summed E-state index contributed by atoms with van der Waals surface area (Å²) in [4.78, 5) is 11.8. The zero-order chi connectivity index (χ0) is 16.2. The zero-order valence-corrected chi connectivity index (χ0v) is 13.1. The fourth-order valence-corrected chi connectivity index (χ4v) is 2.58. The third kappa shape index (κ3) is 4.55. The molecule has 1 amide bonds. The second kappa shape index (κ2) is 7.24. The van der Waals surface area contributed by atoms with Crippen LogP contribution in [0.1, 0.15) is 18.9 Å². The van der Waals surface area contributed by atoms with Crippen molar-refractivity contribution in [2.45, 2.75) is 31.7 Å². The molecule has 1 aliphatic heterocycles. The van der Waals surface area contributed by atoms with Gasteiger partial charge in [-0.3, -0.25) is 10.1 Å². The predicted octanol–water partition coefficient (Wildman–Crippen LogP) is 2.39. The maximum Gasteiger partial charge on any atom is 0.262 e. The molecule has 1 atom stereocenters. The molecule has 0 saturated carbocycles. The van der Waals surface area contributed by atoms with Crippen LogP contribution in [0, 0.1) is 0 Å². The largest absolute Gasteiger partial charge is 0.494 e. The maximum absolute atomic E-state index is 13.1. The third-order valence-corrected chi connectivity index (χ3v) is 3.68. The van der Waals surface area contributed by atoms with E-state index in [4.69, 9.17) is 16.3 Å². The van der Waals surface area contributed by atoms with E-state index < -0.39 is 30.8 Å². The van der Waals surface area contributed by atoms with E-state index in [0.717, 1.165) is 5.56 Å². The molecule has 1 aromatic rings. The molecule has 0 aliphatic carbocycles. The average molecular weight is 333 g/mol. The molecule has 4 nitrogen and oxygen atoms in total. The molecule has 1 fully saturated rings. The van der Waals surface area contributed by atoms with Gasteiger partial charge in [-0.1, -0.05) is 11.6 Å². The Morgan fingerprint density at radius 1 is 1.55 bits per heavy atom. The topological polar surface area (TPSA) is 50.4 Å². The zero-order valence-electron chi connectivity index (χ0n) is 12.3. The lowest BCUT2D eigenvalue weighted by molar-refractivity contribution is -0.123. The van der Waals surface area contributed by atoms with Crippen LogP contribution in [0.2, 0.25) is 5.02 Å². The first-order chi connectivity index (χ1) is 10.4. The van der Waals surface area contributed by atoms with E-state index in [0.29, 0.717) is 30.3 Å². The molecular weight excluding hydrogens is 314 g/mol. The Labute approximate surface area is 133 Å². The molecule has 22 heavy (non-hydrogen) atoms. The number of alkyl halides is 2. The Kier molecular flexibility index (Phi) is 5.58. The number of halogens is 3. The Bertz CT molecular complexity index is 540. The Balaban J connectivity index is 1.86. The molecule has 1 unspecified atom stereocenters. The van der Waals surface area contributed by atoms with Gasteiger partial charge in [0, 0.05) is 18.0 Å². The molecule has 1 heterocycles. The fraction of sp³-hybridized carbons (Fsp3) is 0.533. The van der Waals surface area contributed by atoms with Gasteiger partial charge in [-0.15, -0.1) is 0 Å². The summed E-state index contributed by atoms with van der Waals surface area (Å²) < 4.78 is 31.6. The minimum atomic E-state index is -2.81. The summed E-state index contributed by atoms with van der Waals surface area (Å²) in [5.41, 5.74) is 0.874. The van der Waals surface area contributed by atoms with Crippen molar-refractivity contribution in [3.63, 3.8) is 0 Å². The highest BCUT2D eigenvalue weighted by molar-refractivity contribution is 6.30. The molecular formula is C15H19ClF2N2O2. The Morgan fingerprint density at radius 3 is 2.95 bits per heavy atom. The van der Waals surface area contributed by atoms with Gasteiger partial charge in [0.1, 0.15) is 5.75 Å². The van der Waals surface area contributed by atoms with Crippen LogP contribution >= 0.6 is 11.6 Å². The number of rotatable bonds is 6. The van der Waals surface area contributed by atoms with Crippen LogP contribution in [0.4, 0.5) is 8.78 Å². The highest BCUT2D eigenvalue weighted by Gasteiger charge is 2.42. The lowest BCUT2D eigenvalue weighted by atomic mass is 10.1. The molecule has 122 valence electrons. The number of ether oxygens (including phenoxy) is 1. The standard InChI is InChI=1S/C15H19ClF2N2O2/c1-2-22-13-4-3-11(16)7-10(13)5-6-19-14(21)12-8-15(17,18)9-20-12/h3-4,7,12,20H,2,5-6,8-9H2,1H3,(H,19,21). The van der Waals surface area contributed by atoms with Crippen molar-refractivity contribution in [2.24, 2.45) is 0 Å². The van der Waals surface area contributed by atoms with Crippen molar-refractivity contribution >= 4 is 17.5 Å². The van der Waals surface area contributed by atoms with Gasteiger partial charge in [-0.25, -0.2) is 8.78 Å². The molecule has 2 rings (SSSR count). The van der Waals surface area contributed by atoms with Gasteiger partial charge < -0.3 is 10.1 Å². The van der Waals surface area contributed by atoms with E-state index in [1.165, 1.54) is 0 Å². The van der Waals surface area contributed by atoms with Crippen molar-refractivity contribution in [1.29, 1.82) is 0 Å². The minimum Gasteiger partial charge on any atom is -0.494 e. The number of benzene rings is 1. The predicted molar refractivity (Wildman–Crippen MR) is 80.7 cm³/mol. The third-order valence-electron chi connectivity index (χ3n) is 3.44. The van der Waals surface area contributed by atoms with Crippen LogP contribution in [0.3, 0.4) is 0 Å². The summed E-state index contributed by atoms with van der Waals surface area (Å²) in [6, 6.07) is 4.46. The highest BCUT2D eigenvalue weighted by atomic mass is 35.5. The van der Waals surface area contributed by atoms with Crippen molar-refractivity contribution in [1.82, 2.24) is 10.6 Å². The van der Waals surface area contributed by atoms with Crippen LogP contribution in [-0.4, -0.2) is 37.6 Å². The first kappa shape index (κ1) is 17.0. The second-order valence-corrected chi connectivity index (χ2v) is 5.66. The first-order valence-corrected chi connectivity index (χ1v) is 7.59. The van der Waals surface area contributed by atoms with Gasteiger partial charge in [0.15, 0.2) is 0 Å². The van der Waals surface area contributed by atoms with Gasteiger partial charge in [0.2, 0.25) is 5.91 Å². The van der Waals surface area contributed by atoms with Crippen LogP contribution < -0.4 is 15.4 Å². The molecule has 1 saturated heterocycles. The van der Waals surface area contributed by atoms with E-state index in [2.05, 4.69) is 10.6 Å². The molecule has 2 N–H and O–H groups in total. The Hall–Kier alpha value is -1.40. The Morgan fingerprint density at radius 2 is 2.32 bits per heavy atom. The van der Waals surface area contributed by atoms with Gasteiger partial charge in [0.05, 0.1) is 19.2 Å². The summed E-state index contributed by atoms with van der Waals surface area (Å²) in [5.74, 6) is -2.50. The van der Waals surface area contributed by atoms with Crippen LogP contribution in [0.5, 0.6) is 5.75 Å². The lowest BCUT2D eigenvalue weighted by Gasteiger charge is -2.13. The molecule has 0 radical (unpaired) electrons. The van der Waals surface area contributed by atoms with E-state index in [1.54, 1.807) is 18.2 Å². The van der Waals surface area contributed by atoms with Crippen LogP contribution in [-0.2, 0) is 11.2 Å². The fourth-order valence-electron chi connectivity index (χ4n) is 2.38. The van der Waals surface area contributed by atoms with Gasteiger partial charge in [0.25, 0.3) is 5.92 Å². The van der Waals surface area contributed by atoms with E-state index in [-0.39, 0.29) is 0 Å². The lowest BCUT2D eigenvalue weighted by Crippen LogP contribution is -2.41. The summed E-state index contributed by atoms with van der Waals surface area (Å²) in [6.45, 7) is 2.30. The summed E-state index contributed by atoms with van der Waals surface area (Å²) >= 11 is 5.96. The molecule has 0 spiro atoms. The molecule has 0 aromatic heterocycles. The summed E-state index contributed by atoms with van der Waals surface area (Å²) in [6.07, 6.45) is 0.0605. The van der Waals surface area contributed by atoms with Gasteiger partial charge >= 0.3 is 0 Å². The number of carbonyl (C=O) groups is 1. The number of carbonyl (C=O) groups excluding carboxylic acids is 1. The van der Waals surface area contributed by atoms with Gasteiger partial charge in [-0.05, 0) is 37.1 Å². The normalized spacial score (nSPS) is 19.9. The average Bonchev–Trinajstić information content (AvgIpc) is 2.82. The number of hydrogen-bond acceptors (Lipinski definition) is 3. The van der Waals surface area contributed by atoms with Crippen molar-refractivity contribution < 1.29 is 18.3 Å². The van der Waals surface area contributed by atoms with Gasteiger partial charge in [-0.2, -0.15) is 0 Å². The first-order valence-electron chi connectivity index (χ1n) is 7.21. The SMILES string of the molecule is CCOc1ccc(Cl)cc1CCNC(=O)C1CC(F)(F)CN1. The van der Waals surface area contributed by atoms with Crippen molar-refractivity contribution in [3.05, 3.63) is 28.8 Å². The van der Waals surface area contributed by atoms with Crippen molar-refractivity contribution in [3.8, 4) is 5.75 Å².